The van der Waals surface area contributed by atoms with E-state index in [0.717, 1.165) is 27.8 Å². The van der Waals surface area contributed by atoms with E-state index in [1.165, 1.54) is 7.11 Å². The summed E-state index contributed by atoms with van der Waals surface area (Å²) in [6.45, 7) is 0.170. The number of carbonyl (C=O) groups is 2. The van der Waals surface area contributed by atoms with Crippen LogP contribution in [0.3, 0.4) is 0 Å². The summed E-state index contributed by atoms with van der Waals surface area (Å²) in [7, 11) is 1.40. The van der Waals surface area contributed by atoms with Crippen molar-refractivity contribution in [1.29, 1.82) is 0 Å². The molecule has 0 heterocycles. The van der Waals surface area contributed by atoms with E-state index < -0.39 is 18.1 Å². The third-order valence-corrected chi connectivity index (χ3v) is 6.41. The molecule has 0 radical (unpaired) electrons. The summed E-state index contributed by atoms with van der Waals surface area (Å²) in [6.07, 6.45) is -0.537. The number of hydrogen-bond donors (Lipinski definition) is 1. The first-order valence-corrected chi connectivity index (χ1v) is 10.4. The van der Waals surface area contributed by atoms with Crippen molar-refractivity contribution >= 4 is 12.1 Å². The number of nitrogens with one attached hydrogen (secondary N) is 1. The van der Waals surface area contributed by atoms with Crippen LogP contribution in [0, 0.1) is 5.92 Å². The van der Waals surface area contributed by atoms with Crippen LogP contribution < -0.4 is 5.32 Å². The standard InChI is InChI=1S/C26H23NO4/c1-30-25(28)23-21-17-11-5-7-13-19(17)22(20-14-8-6-12-18(20)21)24(23)27-26(29)31-15-16-9-3-2-4-10-16/h2-14,21-24H,15H2,1H3,(H,27,29)/t21-,22-,23?,24?. The van der Waals surface area contributed by atoms with Crippen molar-refractivity contribution in [1.82, 2.24) is 5.32 Å². The fourth-order valence-corrected chi connectivity index (χ4v) is 5.17. The number of carbonyl (C=O) groups excluding carboxylic acids is 2. The monoisotopic (exact) mass is 413 g/mol. The molecule has 5 heteroatoms. The van der Waals surface area contributed by atoms with Crippen LogP contribution in [0.4, 0.5) is 4.79 Å². The summed E-state index contributed by atoms with van der Waals surface area (Å²) in [5, 5.41) is 3.01. The van der Waals surface area contributed by atoms with Gasteiger partial charge in [-0.3, -0.25) is 4.79 Å². The number of amides is 1. The highest BCUT2D eigenvalue weighted by molar-refractivity contribution is 5.81. The Hall–Kier alpha value is -3.60. The van der Waals surface area contributed by atoms with Crippen LogP contribution in [-0.2, 0) is 20.9 Å². The van der Waals surface area contributed by atoms with Gasteiger partial charge in [-0.15, -0.1) is 0 Å². The number of fused-ring (bicyclic) bond motifs is 1. The zero-order chi connectivity index (χ0) is 21.4. The minimum atomic E-state index is -0.537. The van der Waals surface area contributed by atoms with Gasteiger partial charge in [-0.1, -0.05) is 78.9 Å². The van der Waals surface area contributed by atoms with Crippen LogP contribution in [0.5, 0.6) is 0 Å². The average molecular weight is 413 g/mol. The van der Waals surface area contributed by atoms with Gasteiger partial charge >= 0.3 is 12.1 Å². The topological polar surface area (TPSA) is 64.6 Å². The van der Waals surface area contributed by atoms with Gasteiger partial charge < -0.3 is 14.8 Å². The second kappa shape index (κ2) is 7.91. The molecule has 3 aromatic rings. The Kier molecular flexibility index (Phi) is 4.94. The van der Waals surface area contributed by atoms with Crippen molar-refractivity contribution in [3.63, 3.8) is 0 Å². The highest BCUT2D eigenvalue weighted by atomic mass is 16.5. The first kappa shape index (κ1) is 19.4. The smallest absolute Gasteiger partial charge is 0.407 e. The van der Waals surface area contributed by atoms with Gasteiger partial charge in [0.15, 0.2) is 0 Å². The maximum absolute atomic E-state index is 12.9. The molecule has 156 valence electrons. The molecular formula is C26H23NO4. The van der Waals surface area contributed by atoms with Crippen molar-refractivity contribution in [3.05, 3.63) is 107 Å². The molecule has 6 rings (SSSR count). The lowest BCUT2D eigenvalue weighted by Gasteiger charge is -2.49. The molecule has 2 atom stereocenters. The maximum Gasteiger partial charge on any atom is 0.407 e. The van der Waals surface area contributed by atoms with E-state index in [9.17, 15) is 9.59 Å². The molecule has 0 saturated carbocycles. The molecule has 5 nitrogen and oxygen atoms in total. The molecule has 31 heavy (non-hydrogen) atoms. The van der Waals surface area contributed by atoms with Gasteiger partial charge in [0, 0.05) is 11.8 Å². The summed E-state index contributed by atoms with van der Waals surface area (Å²) < 4.78 is 10.7. The van der Waals surface area contributed by atoms with Crippen molar-refractivity contribution in [2.24, 2.45) is 5.92 Å². The van der Waals surface area contributed by atoms with Crippen LogP contribution in [-0.4, -0.2) is 25.2 Å². The minimum Gasteiger partial charge on any atom is -0.469 e. The number of rotatable bonds is 4. The minimum absolute atomic E-state index is 0.147. The number of esters is 1. The van der Waals surface area contributed by atoms with E-state index in [0.29, 0.717) is 0 Å². The SMILES string of the molecule is COC(=O)C1C(NC(=O)OCc2ccccc2)[C@H]2c3ccccc3[C@H]1c1ccccc12. The molecule has 3 aromatic carbocycles. The lowest BCUT2D eigenvalue weighted by atomic mass is 9.56. The molecule has 3 aliphatic rings. The van der Waals surface area contributed by atoms with E-state index in [1.807, 2.05) is 54.6 Å². The predicted molar refractivity (Wildman–Crippen MR) is 116 cm³/mol. The number of ether oxygens (including phenoxy) is 2. The lowest BCUT2D eigenvalue weighted by Crippen LogP contribution is -2.55. The summed E-state index contributed by atoms with van der Waals surface area (Å²) in [6, 6.07) is 25.4. The Morgan fingerprint density at radius 2 is 1.29 bits per heavy atom. The fourth-order valence-electron chi connectivity index (χ4n) is 5.17. The second-order valence-electron chi connectivity index (χ2n) is 7.99. The van der Waals surface area contributed by atoms with Gasteiger partial charge in [-0.25, -0.2) is 4.79 Å². The number of benzene rings is 3. The Bertz CT molecular complexity index is 1080. The molecule has 2 bridgehead atoms. The Labute approximate surface area is 181 Å². The van der Waals surface area contributed by atoms with Gasteiger partial charge in [0.2, 0.25) is 0 Å². The zero-order valence-corrected chi connectivity index (χ0v) is 17.2. The number of alkyl carbamates (subject to hydrolysis) is 1. The van der Waals surface area contributed by atoms with Crippen molar-refractivity contribution in [3.8, 4) is 0 Å². The van der Waals surface area contributed by atoms with Gasteiger partial charge in [0.1, 0.15) is 6.61 Å². The Morgan fingerprint density at radius 3 is 1.84 bits per heavy atom. The Morgan fingerprint density at radius 1 is 0.774 bits per heavy atom. The van der Waals surface area contributed by atoms with Crippen molar-refractivity contribution in [2.45, 2.75) is 24.5 Å². The van der Waals surface area contributed by atoms with Crippen LogP contribution in [0.1, 0.15) is 39.7 Å². The normalized spacial score (nSPS) is 22.7. The summed E-state index contributed by atoms with van der Waals surface area (Å²) >= 11 is 0. The first-order valence-electron chi connectivity index (χ1n) is 10.4. The third-order valence-electron chi connectivity index (χ3n) is 6.41. The summed E-state index contributed by atoms with van der Waals surface area (Å²) in [5.74, 6) is -1.17. The van der Waals surface area contributed by atoms with Gasteiger partial charge in [0.05, 0.1) is 19.1 Å². The van der Waals surface area contributed by atoms with Gasteiger partial charge in [-0.05, 0) is 27.8 Å². The summed E-state index contributed by atoms with van der Waals surface area (Å²) in [5.41, 5.74) is 5.43. The van der Waals surface area contributed by atoms with Gasteiger partial charge in [-0.2, -0.15) is 0 Å². The zero-order valence-electron chi connectivity index (χ0n) is 17.2. The van der Waals surface area contributed by atoms with Crippen molar-refractivity contribution in [2.75, 3.05) is 7.11 Å². The molecule has 3 aliphatic carbocycles. The molecule has 0 fully saturated rings. The van der Waals surface area contributed by atoms with E-state index in [-0.39, 0.29) is 24.4 Å². The van der Waals surface area contributed by atoms with E-state index in [2.05, 4.69) is 29.6 Å². The molecular weight excluding hydrogens is 390 g/mol. The van der Waals surface area contributed by atoms with Gasteiger partial charge in [0.25, 0.3) is 0 Å². The first-order chi connectivity index (χ1) is 15.2. The highest BCUT2D eigenvalue weighted by Gasteiger charge is 2.53. The van der Waals surface area contributed by atoms with E-state index >= 15 is 0 Å². The fraction of sp³-hybridized carbons (Fsp3) is 0.231. The molecule has 0 saturated heterocycles. The quantitative estimate of drug-likeness (QED) is 0.646. The average Bonchev–Trinajstić information content (AvgIpc) is 2.83. The van der Waals surface area contributed by atoms with E-state index in [4.69, 9.17) is 9.47 Å². The Balaban J connectivity index is 1.50. The third kappa shape index (κ3) is 3.26. The highest BCUT2D eigenvalue weighted by Crippen LogP contribution is 2.55. The summed E-state index contributed by atoms with van der Waals surface area (Å²) in [4.78, 5) is 25.7. The largest absolute Gasteiger partial charge is 0.469 e. The number of methoxy groups -OCH3 is 1. The molecule has 2 unspecified atom stereocenters. The van der Waals surface area contributed by atoms with Crippen molar-refractivity contribution < 1.29 is 19.1 Å². The maximum atomic E-state index is 12.9. The molecule has 1 amide bonds. The van der Waals surface area contributed by atoms with Crippen LogP contribution in [0.2, 0.25) is 0 Å². The molecule has 0 aromatic heterocycles. The molecule has 0 aliphatic heterocycles. The predicted octanol–water partition coefficient (Wildman–Crippen LogP) is 4.36. The van der Waals surface area contributed by atoms with Crippen LogP contribution in [0.25, 0.3) is 0 Å². The van der Waals surface area contributed by atoms with Crippen LogP contribution in [0.15, 0.2) is 78.9 Å². The lowest BCUT2D eigenvalue weighted by molar-refractivity contribution is -0.147. The second-order valence-corrected chi connectivity index (χ2v) is 7.99. The van der Waals surface area contributed by atoms with E-state index in [1.54, 1.807) is 0 Å². The molecule has 1 N–H and O–H groups in total. The number of hydrogen-bond acceptors (Lipinski definition) is 4. The molecule has 0 spiro atoms. The van der Waals surface area contributed by atoms with Crippen LogP contribution >= 0.6 is 0 Å².